The molecule has 1 aromatic heterocycles. The van der Waals surface area contributed by atoms with Crippen molar-refractivity contribution in [3.8, 4) is 5.69 Å². The summed E-state index contributed by atoms with van der Waals surface area (Å²) in [6.07, 6.45) is 6.88. The zero-order valence-corrected chi connectivity index (χ0v) is 12.9. The number of nitrogens with one attached hydrogen (secondary N) is 1. The fourth-order valence-corrected chi connectivity index (χ4v) is 3.09. The molecule has 0 unspecified atom stereocenters. The van der Waals surface area contributed by atoms with Gasteiger partial charge in [-0.15, -0.1) is 0 Å². The van der Waals surface area contributed by atoms with Gasteiger partial charge in [0.25, 0.3) is 0 Å². The first kappa shape index (κ1) is 15.1. The summed E-state index contributed by atoms with van der Waals surface area (Å²) in [6.45, 7) is 0. The molecule has 2 N–H and O–H groups in total. The third kappa shape index (κ3) is 3.31. The first-order chi connectivity index (χ1) is 10.6. The number of nitrogens with zero attached hydrogens (tertiary/aromatic N) is 2. The van der Waals surface area contributed by atoms with Crippen LogP contribution in [0.3, 0.4) is 0 Å². The molecule has 5 nitrogen and oxygen atoms in total. The van der Waals surface area contributed by atoms with E-state index in [4.69, 9.17) is 11.6 Å². The lowest BCUT2D eigenvalue weighted by Gasteiger charge is -2.21. The van der Waals surface area contributed by atoms with Gasteiger partial charge < -0.3 is 10.4 Å². The number of rotatable bonds is 4. The number of carbonyl (C=O) groups is 1. The molecule has 0 bridgehead atoms. The van der Waals surface area contributed by atoms with Gasteiger partial charge in [-0.1, -0.05) is 24.4 Å². The minimum atomic E-state index is -0.867. The summed E-state index contributed by atoms with van der Waals surface area (Å²) < 4.78 is 1.66. The zero-order valence-electron chi connectivity index (χ0n) is 12.1. The Hall–Kier alpha value is -1.85. The highest BCUT2D eigenvalue weighted by atomic mass is 35.5. The standard InChI is InChI=1S/C16H18ClN3O2/c17-12-4-5-14(20-9-3-8-18-20)13(10-12)19-15(21)11-16(22)6-1-2-7-16/h3-5,8-10,22H,1-2,6-7,11H2,(H,19,21). The SMILES string of the molecule is O=C(CC1(O)CCCC1)Nc1cc(Cl)ccc1-n1cccn1. The number of amides is 1. The van der Waals surface area contributed by atoms with E-state index in [1.807, 2.05) is 0 Å². The Morgan fingerprint density at radius 1 is 1.41 bits per heavy atom. The monoisotopic (exact) mass is 319 g/mol. The zero-order chi connectivity index (χ0) is 15.6. The quantitative estimate of drug-likeness (QED) is 0.909. The number of hydrogen-bond acceptors (Lipinski definition) is 3. The summed E-state index contributed by atoms with van der Waals surface area (Å²) in [6, 6.07) is 7.05. The summed E-state index contributed by atoms with van der Waals surface area (Å²) in [7, 11) is 0. The van der Waals surface area contributed by atoms with Crippen LogP contribution >= 0.6 is 11.6 Å². The van der Waals surface area contributed by atoms with E-state index in [9.17, 15) is 9.90 Å². The highest BCUT2D eigenvalue weighted by Gasteiger charge is 2.33. The van der Waals surface area contributed by atoms with Gasteiger partial charge >= 0.3 is 0 Å². The number of benzene rings is 1. The van der Waals surface area contributed by atoms with Crippen LogP contribution < -0.4 is 5.32 Å². The van der Waals surface area contributed by atoms with Crippen molar-refractivity contribution in [3.05, 3.63) is 41.7 Å². The van der Waals surface area contributed by atoms with Crippen molar-refractivity contribution in [2.45, 2.75) is 37.7 Å². The third-order valence-corrected chi connectivity index (χ3v) is 4.24. The molecule has 3 rings (SSSR count). The second-order valence-electron chi connectivity index (χ2n) is 5.77. The van der Waals surface area contributed by atoms with Crippen LogP contribution in [0.1, 0.15) is 32.1 Å². The molecule has 1 fully saturated rings. The fraction of sp³-hybridized carbons (Fsp3) is 0.375. The van der Waals surface area contributed by atoms with E-state index < -0.39 is 5.60 Å². The number of aliphatic hydroxyl groups is 1. The number of aromatic nitrogens is 2. The van der Waals surface area contributed by atoms with Gasteiger partial charge in [0.1, 0.15) is 0 Å². The van der Waals surface area contributed by atoms with Crippen LogP contribution in [0.25, 0.3) is 5.69 Å². The normalized spacial score (nSPS) is 16.6. The Morgan fingerprint density at radius 2 is 2.18 bits per heavy atom. The highest BCUT2D eigenvalue weighted by Crippen LogP contribution is 2.33. The topological polar surface area (TPSA) is 67.2 Å². The first-order valence-electron chi connectivity index (χ1n) is 7.38. The van der Waals surface area contributed by atoms with Crippen molar-refractivity contribution >= 4 is 23.2 Å². The number of halogens is 1. The number of carbonyl (C=O) groups excluding carboxylic acids is 1. The van der Waals surface area contributed by atoms with Crippen molar-refractivity contribution in [2.24, 2.45) is 0 Å². The average molecular weight is 320 g/mol. The molecular formula is C16H18ClN3O2. The Kier molecular flexibility index (Phi) is 4.18. The molecule has 1 aromatic carbocycles. The summed E-state index contributed by atoms with van der Waals surface area (Å²) >= 11 is 6.03. The van der Waals surface area contributed by atoms with Crippen molar-refractivity contribution < 1.29 is 9.90 Å². The molecule has 1 amide bonds. The molecule has 22 heavy (non-hydrogen) atoms. The van der Waals surface area contributed by atoms with E-state index >= 15 is 0 Å². The van der Waals surface area contributed by atoms with E-state index in [0.717, 1.165) is 18.5 Å². The van der Waals surface area contributed by atoms with E-state index in [-0.39, 0.29) is 12.3 Å². The predicted octanol–water partition coefficient (Wildman–Crippen LogP) is 3.16. The van der Waals surface area contributed by atoms with E-state index in [2.05, 4.69) is 10.4 Å². The fourth-order valence-electron chi connectivity index (χ4n) is 2.92. The maximum atomic E-state index is 12.3. The Bertz CT molecular complexity index is 664. The number of anilines is 1. The van der Waals surface area contributed by atoms with Crippen LogP contribution in [-0.2, 0) is 4.79 Å². The maximum absolute atomic E-state index is 12.3. The minimum Gasteiger partial charge on any atom is -0.389 e. The van der Waals surface area contributed by atoms with Gasteiger partial charge in [0, 0.05) is 17.4 Å². The summed E-state index contributed by atoms with van der Waals surface area (Å²) in [5.41, 5.74) is 0.457. The van der Waals surface area contributed by atoms with Gasteiger partial charge in [-0.25, -0.2) is 4.68 Å². The maximum Gasteiger partial charge on any atom is 0.227 e. The first-order valence-corrected chi connectivity index (χ1v) is 7.75. The molecule has 1 aliphatic rings. The molecule has 6 heteroatoms. The lowest BCUT2D eigenvalue weighted by Crippen LogP contribution is -2.31. The molecule has 0 spiro atoms. The van der Waals surface area contributed by atoms with Crippen LogP contribution in [-0.4, -0.2) is 26.4 Å². The van der Waals surface area contributed by atoms with Crippen LogP contribution in [0.5, 0.6) is 0 Å². The van der Waals surface area contributed by atoms with Crippen LogP contribution in [0.15, 0.2) is 36.7 Å². The second kappa shape index (κ2) is 6.10. The third-order valence-electron chi connectivity index (χ3n) is 4.01. The van der Waals surface area contributed by atoms with E-state index in [0.29, 0.717) is 23.6 Å². The predicted molar refractivity (Wildman–Crippen MR) is 85.2 cm³/mol. The Labute approximate surface area is 133 Å². The van der Waals surface area contributed by atoms with Gasteiger partial charge in [0.05, 0.1) is 23.4 Å². The molecule has 0 radical (unpaired) electrons. The van der Waals surface area contributed by atoms with Crippen LogP contribution in [0.2, 0.25) is 5.02 Å². The van der Waals surface area contributed by atoms with Crippen LogP contribution in [0, 0.1) is 0 Å². The smallest absolute Gasteiger partial charge is 0.227 e. The van der Waals surface area contributed by atoms with Gasteiger partial charge in [0.15, 0.2) is 0 Å². The Balaban J connectivity index is 1.79. The van der Waals surface area contributed by atoms with Crippen molar-refractivity contribution in [1.82, 2.24) is 9.78 Å². The van der Waals surface area contributed by atoms with Gasteiger partial charge in [-0.05, 0) is 37.1 Å². The van der Waals surface area contributed by atoms with Crippen molar-refractivity contribution in [1.29, 1.82) is 0 Å². The number of hydrogen-bond donors (Lipinski definition) is 2. The Morgan fingerprint density at radius 3 is 2.86 bits per heavy atom. The van der Waals surface area contributed by atoms with Crippen molar-refractivity contribution in [3.63, 3.8) is 0 Å². The molecule has 1 aliphatic carbocycles. The highest BCUT2D eigenvalue weighted by molar-refractivity contribution is 6.31. The summed E-state index contributed by atoms with van der Waals surface area (Å²) in [4.78, 5) is 12.3. The van der Waals surface area contributed by atoms with Gasteiger partial charge in [-0.3, -0.25) is 4.79 Å². The summed E-state index contributed by atoms with van der Waals surface area (Å²) in [5.74, 6) is -0.208. The molecule has 0 saturated heterocycles. The lowest BCUT2D eigenvalue weighted by molar-refractivity contribution is -0.120. The molecule has 1 saturated carbocycles. The average Bonchev–Trinajstić information content (AvgIpc) is 3.10. The molecular weight excluding hydrogens is 302 g/mol. The molecule has 0 atom stereocenters. The minimum absolute atomic E-state index is 0.109. The molecule has 1 heterocycles. The lowest BCUT2D eigenvalue weighted by atomic mass is 9.97. The molecule has 2 aromatic rings. The van der Waals surface area contributed by atoms with E-state index in [1.54, 1.807) is 41.3 Å². The van der Waals surface area contributed by atoms with Crippen molar-refractivity contribution in [2.75, 3.05) is 5.32 Å². The van der Waals surface area contributed by atoms with Gasteiger partial charge in [0.2, 0.25) is 5.91 Å². The summed E-state index contributed by atoms with van der Waals surface area (Å²) in [5, 5.41) is 17.9. The van der Waals surface area contributed by atoms with Gasteiger partial charge in [-0.2, -0.15) is 5.10 Å². The van der Waals surface area contributed by atoms with Crippen LogP contribution in [0.4, 0.5) is 5.69 Å². The molecule has 116 valence electrons. The van der Waals surface area contributed by atoms with E-state index in [1.165, 1.54) is 0 Å². The molecule has 0 aliphatic heterocycles. The second-order valence-corrected chi connectivity index (χ2v) is 6.20. The largest absolute Gasteiger partial charge is 0.389 e.